The van der Waals surface area contributed by atoms with Gasteiger partial charge in [-0.15, -0.1) is 0 Å². The molecule has 0 aromatic heterocycles. The third-order valence-corrected chi connectivity index (χ3v) is 5.63. The average molecular weight is 416 g/mol. The van der Waals surface area contributed by atoms with Gasteiger partial charge in [0.25, 0.3) is 5.91 Å². The van der Waals surface area contributed by atoms with Gasteiger partial charge in [0.2, 0.25) is 10.0 Å². The largest absolute Gasteiger partial charge is 0.272 e. The number of rotatable bonds is 6. The molecule has 27 heavy (non-hydrogen) atoms. The normalized spacial score (nSPS) is 12.3. The lowest BCUT2D eigenvalue weighted by Gasteiger charge is -2.16. The van der Waals surface area contributed by atoms with E-state index >= 15 is 0 Å². The average Bonchev–Trinajstić information content (AvgIpc) is 2.60. The summed E-state index contributed by atoms with van der Waals surface area (Å²) in [4.78, 5) is 11.9. The van der Waals surface area contributed by atoms with Crippen LogP contribution in [0.4, 0.5) is 8.78 Å². The first-order valence-corrected chi connectivity index (χ1v) is 9.43. The number of halogens is 3. The third-order valence-electron chi connectivity index (χ3n) is 3.56. The molecule has 0 spiro atoms. The molecule has 0 aliphatic carbocycles. The molecule has 0 fully saturated rings. The maximum absolute atomic E-state index is 13.7. The molecule has 6 nitrogen and oxygen atoms in total. The van der Waals surface area contributed by atoms with E-state index in [4.69, 9.17) is 11.6 Å². The van der Waals surface area contributed by atoms with Crippen molar-refractivity contribution in [3.63, 3.8) is 0 Å². The molecule has 10 heteroatoms. The predicted octanol–water partition coefficient (Wildman–Crippen LogP) is 2.78. The molecule has 1 amide bonds. The number of hydrazone groups is 1. The van der Waals surface area contributed by atoms with Gasteiger partial charge in [-0.3, -0.25) is 4.79 Å². The van der Waals surface area contributed by atoms with Crippen molar-refractivity contribution in [2.24, 2.45) is 5.10 Å². The lowest BCUT2D eigenvalue weighted by molar-refractivity contribution is -0.121. The summed E-state index contributed by atoms with van der Waals surface area (Å²) in [7, 11) is -2.65. The molecule has 2 aromatic carbocycles. The van der Waals surface area contributed by atoms with Gasteiger partial charge in [0, 0.05) is 23.7 Å². The Balaban J connectivity index is 2.05. The van der Waals surface area contributed by atoms with Crippen LogP contribution in [0.2, 0.25) is 5.02 Å². The van der Waals surface area contributed by atoms with Crippen LogP contribution in [0.5, 0.6) is 0 Å². The SMILES string of the molecule is C/C(=N/NC(=O)CN(C)S(=O)(=O)c1ccc(Cl)cc1)c1ccc(F)cc1F. The standard InChI is InChI=1S/C17H16ClF2N3O3S/c1-11(15-8-5-13(19)9-16(15)20)21-22-17(24)10-23(2)27(25,26)14-6-3-12(18)4-7-14/h3-9H,10H2,1-2H3,(H,22,24)/b21-11-. The first-order chi connectivity index (χ1) is 12.6. The topological polar surface area (TPSA) is 78.8 Å². The van der Waals surface area contributed by atoms with Gasteiger partial charge in [-0.2, -0.15) is 9.41 Å². The highest BCUT2D eigenvalue weighted by atomic mass is 35.5. The van der Waals surface area contributed by atoms with Crippen LogP contribution in [0.15, 0.2) is 52.5 Å². The van der Waals surface area contributed by atoms with Gasteiger partial charge in [0.15, 0.2) is 0 Å². The second-order valence-corrected chi connectivity index (χ2v) is 8.05. The molecular weight excluding hydrogens is 400 g/mol. The van der Waals surface area contributed by atoms with Crippen LogP contribution < -0.4 is 5.43 Å². The minimum absolute atomic E-state index is 0.0128. The molecule has 0 saturated heterocycles. The number of carbonyl (C=O) groups is 1. The van der Waals surface area contributed by atoms with Gasteiger partial charge in [-0.25, -0.2) is 22.6 Å². The van der Waals surface area contributed by atoms with Crippen molar-refractivity contribution in [2.45, 2.75) is 11.8 Å². The minimum atomic E-state index is -3.89. The summed E-state index contributed by atoms with van der Waals surface area (Å²) in [6, 6.07) is 8.44. The number of likely N-dealkylation sites (N-methyl/N-ethyl adjacent to an activating group) is 1. The van der Waals surface area contributed by atoms with E-state index in [-0.39, 0.29) is 16.2 Å². The number of nitrogens with zero attached hydrogens (tertiary/aromatic N) is 2. The second-order valence-electron chi connectivity index (χ2n) is 5.57. The van der Waals surface area contributed by atoms with Crippen LogP contribution in [0.25, 0.3) is 0 Å². The van der Waals surface area contributed by atoms with Crippen molar-refractivity contribution in [2.75, 3.05) is 13.6 Å². The van der Waals surface area contributed by atoms with Crippen molar-refractivity contribution in [3.05, 3.63) is 64.7 Å². The van der Waals surface area contributed by atoms with Gasteiger partial charge in [-0.1, -0.05) is 11.6 Å². The van der Waals surface area contributed by atoms with Crippen molar-refractivity contribution >= 4 is 33.2 Å². The van der Waals surface area contributed by atoms with Gasteiger partial charge in [-0.05, 0) is 43.3 Å². The van der Waals surface area contributed by atoms with E-state index in [0.29, 0.717) is 11.1 Å². The lowest BCUT2D eigenvalue weighted by atomic mass is 10.1. The summed E-state index contributed by atoms with van der Waals surface area (Å²) >= 11 is 5.73. The monoisotopic (exact) mass is 415 g/mol. The summed E-state index contributed by atoms with van der Waals surface area (Å²) < 4.78 is 52.2. The van der Waals surface area contributed by atoms with Crippen LogP contribution in [0.3, 0.4) is 0 Å². The fourth-order valence-electron chi connectivity index (χ4n) is 2.10. The molecule has 144 valence electrons. The summed E-state index contributed by atoms with van der Waals surface area (Å²) in [6.07, 6.45) is 0. The molecule has 0 saturated carbocycles. The number of nitrogens with one attached hydrogen (secondary N) is 1. The number of hydrogen-bond acceptors (Lipinski definition) is 4. The zero-order valence-electron chi connectivity index (χ0n) is 14.4. The fourth-order valence-corrected chi connectivity index (χ4v) is 3.35. The van der Waals surface area contributed by atoms with E-state index in [1.54, 1.807) is 0 Å². The van der Waals surface area contributed by atoms with Crippen molar-refractivity contribution in [1.29, 1.82) is 0 Å². The maximum Gasteiger partial charge on any atom is 0.255 e. The van der Waals surface area contributed by atoms with Crippen molar-refractivity contribution in [3.8, 4) is 0 Å². The molecular formula is C17H16ClF2N3O3S. The molecule has 0 heterocycles. The highest BCUT2D eigenvalue weighted by Gasteiger charge is 2.22. The number of sulfonamides is 1. The number of carbonyl (C=O) groups excluding carboxylic acids is 1. The minimum Gasteiger partial charge on any atom is -0.272 e. The molecule has 0 bridgehead atoms. The Morgan fingerprint density at radius 3 is 2.41 bits per heavy atom. The van der Waals surface area contributed by atoms with Crippen molar-refractivity contribution in [1.82, 2.24) is 9.73 Å². The van der Waals surface area contributed by atoms with Crippen molar-refractivity contribution < 1.29 is 22.0 Å². The van der Waals surface area contributed by atoms with E-state index in [1.165, 1.54) is 44.3 Å². The number of amides is 1. The molecule has 1 N–H and O–H groups in total. The van der Waals surface area contributed by atoms with Crippen LogP contribution in [0, 0.1) is 11.6 Å². The quantitative estimate of drug-likeness (QED) is 0.582. The van der Waals surface area contributed by atoms with E-state index in [9.17, 15) is 22.0 Å². The van der Waals surface area contributed by atoms with Crippen LogP contribution in [-0.4, -0.2) is 37.9 Å². The number of hydrogen-bond donors (Lipinski definition) is 1. The summed E-state index contributed by atoms with van der Waals surface area (Å²) in [6.45, 7) is 0.915. The fraction of sp³-hybridized carbons (Fsp3) is 0.176. The third kappa shape index (κ3) is 5.31. The van der Waals surface area contributed by atoms with Gasteiger partial charge >= 0.3 is 0 Å². The zero-order chi connectivity index (χ0) is 20.2. The van der Waals surface area contributed by atoms with E-state index < -0.39 is 34.1 Å². The Labute approximate surface area is 160 Å². The Hall–Kier alpha value is -2.36. The van der Waals surface area contributed by atoms with Gasteiger partial charge in [0.05, 0.1) is 17.2 Å². The molecule has 0 unspecified atom stereocenters. The smallest absolute Gasteiger partial charge is 0.255 e. The molecule has 0 radical (unpaired) electrons. The van der Waals surface area contributed by atoms with Crippen LogP contribution in [-0.2, 0) is 14.8 Å². The van der Waals surface area contributed by atoms with Crippen LogP contribution in [0.1, 0.15) is 12.5 Å². The van der Waals surface area contributed by atoms with Gasteiger partial charge in [0.1, 0.15) is 11.6 Å². The first-order valence-electron chi connectivity index (χ1n) is 7.61. The Morgan fingerprint density at radius 1 is 1.19 bits per heavy atom. The molecule has 0 aliphatic heterocycles. The molecule has 0 aliphatic rings. The Bertz CT molecular complexity index is 979. The maximum atomic E-state index is 13.7. The highest BCUT2D eigenvalue weighted by molar-refractivity contribution is 7.89. The summed E-state index contributed by atoms with van der Waals surface area (Å²) in [5.41, 5.74) is 2.26. The highest BCUT2D eigenvalue weighted by Crippen LogP contribution is 2.17. The molecule has 2 aromatic rings. The van der Waals surface area contributed by atoms with Gasteiger partial charge < -0.3 is 0 Å². The summed E-state index contributed by atoms with van der Waals surface area (Å²) in [5, 5.41) is 4.10. The molecule has 2 rings (SSSR count). The van der Waals surface area contributed by atoms with E-state index in [2.05, 4.69) is 10.5 Å². The van der Waals surface area contributed by atoms with E-state index in [1.807, 2.05) is 0 Å². The Kier molecular flexibility index (Phi) is 6.63. The zero-order valence-corrected chi connectivity index (χ0v) is 16.0. The lowest BCUT2D eigenvalue weighted by Crippen LogP contribution is -2.36. The predicted molar refractivity (Wildman–Crippen MR) is 98.0 cm³/mol. The second kappa shape index (κ2) is 8.55. The number of benzene rings is 2. The van der Waals surface area contributed by atoms with E-state index in [0.717, 1.165) is 10.4 Å². The summed E-state index contributed by atoms with van der Waals surface area (Å²) in [5.74, 6) is -2.29. The van der Waals surface area contributed by atoms with Crippen LogP contribution >= 0.6 is 11.6 Å². The molecule has 0 atom stereocenters. The Morgan fingerprint density at radius 2 is 1.81 bits per heavy atom. The first kappa shape index (κ1) is 20.9.